The van der Waals surface area contributed by atoms with Crippen LogP contribution in [0.1, 0.15) is 19.3 Å². The van der Waals surface area contributed by atoms with Crippen LogP contribution in [0.15, 0.2) is 0 Å². The fraction of sp³-hybridized carbons (Fsp3) is 0.714. The van der Waals surface area contributed by atoms with Crippen molar-refractivity contribution in [2.75, 3.05) is 0 Å². The molecule has 2 rings (SSSR count). The molecule has 74 valence electrons. The third-order valence-corrected chi connectivity index (χ3v) is 2.69. The normalized spacial score (nSPS) is 37.2. The van der Waals surface area contributed by atoms with E-state index in [1.54, 1.807) is 0 Å². The first-order valence-corrected chi connectivity index (χ1v) is 4.04. The van der Waals surface area contributed by atoms with Crippen molar-refractivity contribution in [2.24, 2.45) is 5.73 Å². The number of hydrogen-bond acceptors (Lipinski definition) is 3. The molecular weight excluding hydrogens is 194 g/mol. The summed E-state index contributed by atoms with van der Waals surface area (Å²) in [5.74, 6) is -0.266. The number of halogens is 1. The van der Waals surface area contributed by atoms with Crippen molar-refractivity contribution in [3.63, 3.8) is 0 Å². The Balaban J connectivity index is 0.000000845. The molecular formula is C7H12ClN3O2. The first-order chi connectivity index (χ1) is 5.65. The zero-order valence-electron chi connectivity index (χ0n) is 7.00. The van der Waals surface area contributed by atoms with Crippen LogP contribution in [0.25, 0.3) is 0 Å². The number of nitrogens with one attached hydrogen (secondary N) is 2. The van der Waals surface area contributed by atoms with Crippen LogP contribution in [0.5, 0.6) is 0 Å². The molecule has 0 aromatic rings. The van der Waals surface area contributed by atoms with E-state index in [4.69, 9.17) is 5.73 Å². The summed E-state index contributed by atoms with van der Waals surface area (Å²) < 4.78 is 0. The predicted molar refractivity (Wildman–Crippen MR) is 48.5 cm³/mol. The van der Waals surface area contributed by atoms with Gasteiger partial charge in [-0.3, -0.25) is 10.1 Å². The highest BCUT2D eigenvalue weighted by atomic mass is 35.5. The van der Waals surface area contributed by atoms with Crippen molar-refractivity contribution in [1.29, 1.82) is 0 Å². The molecule has 2 unspecified atom stereocenters. The van der Waals surface area contributed by atoms with E-state index in [-0.39, 0.29) is 24.4 Å². The molecule has 3 amide bonds. The summed E-state index contributed by atoms with van der Waals surface area (Å²) in [5, 5.41) is 4.82. The molecule has 1 spiro atoms. The van der Waals surface area contributed by atoms with Crippen LogP contribution in [0.2, 0.25) is 0 Å². The smallest absolute Gasteiger partial charge is 0.322 e. The molecule has 0 aromatic heterocycles. The molecule has 1 aliphatic carbocycles. The van der Waals surface area contributed by atoms with Gasteiger partial charge in [0.25, 0.3) is 5.91 Å². The van der Waals surface area contributed by atoms with Crippen LogP contribution in [-0.2, 0) is 4.79 Å². The Kier molecular flexibility index (Phi) is 2.49. The lowest BCUT2D eigenvalue weighted by Crippen LogP contribution is -2.56. The van der Waals surface area contributed by atoms with Gasteiger partial charge in [0.1, 0.15) is 5.54 Å². The molecule has 2 atom stereocenters. The lowest BCUT2D eigenvalue weighted by Gasteiger charge is -2.24. The maximum absolute atomic E-state index is 11.3. The van der Waals surface area contributed by atoms with Crippen molar-refractivity contribution in [2.45, 2.75) is 30.8 Å². The zero-order chi connectivity index (χ0) is 8.77. The quantitative estimate of drug-likeness (QED) is 0.466. The lowest BCUT2D eigenvalue weighted by molar-refractivity contribution is -0.124. The first kappa shape index (κ1) is 10.3. The average Bonchev–Trinajstić information content (AvgIpc) is 2.44. The maximum atomic E-state index is 11.3. The number of rotatable bonds is 0. The lowest BCUT2D eigenvalue weighted by atomic mass is 9.94. The number of hydrogen-bond donors (Lipinski definition) is 3. The van der Waals surface area contributed by atoms with Crippen molar-refractivity contribution in [3.05, 3.63) is 0 Å². The highest BCUT2D eigenvalue weighted by molar-refractivity contribution is 6.07. The van der Waals surface area contributed by atoms with Gasteiger partial charge >= 0.3 is 6.03 Å². The van der Waals surface area contributed by atoms with Crippen LogP contribution in [0.3, 0.4) is 0 Å². The van der Waals surface area contributed by atoms with Crippen molar-refractivity contribution in [1.82, 2.24) is 10.6 Å². The van der Waals surface area contributed by atoms with Gasteiger partial charge in [0.15, 0.2) is 0 Å². The van der Waals surface area contributed by atoms with E-state index in [1.165, 1.54) is 0 Å². The summed E-state index contributed by atoms with van der Waals surface area (Å²) in [5.41, 5.74) is 4.96. The van der Waals surface area contributed by atoms with Gasteiger partial charge in [0.2, 0.25) is 0 Å². The molecule has 2 fully saturated rings. The molecule has 1 saturated carbocycles. The van der Waals surface area contributed by atoms with Crippen molar-refractivity contribution in [3.8, 4) is 0 Å². The summed E-state index contributed by atoms with van der Waals surface area (Å²) in [6.45, 7) is 0. The molecule has 0 radical (unpaired) electrons. The van der Waals surface area contributed by atoms with E-state index in [0.29, 0.717) is 6.42 Å². The van der Waals surface area contributed by atoms with Gasteiger partial charge in [0, 0.05) is 6.04 Å². The second-order valence-electron chi connectivity index (χ2n) is 3.38. The summed E-state index contributed by atoms with van der Waals surface area (Å²) in [4.78, 5) is 22.2. The van der Waals surface area contributed by atoms with Gasteiger partial charge in [0.05, 0.1) is 0 Å². The molecule has 5 nitrogen and oxygen atoms in total. The fourth-order valence-corrected chi connectivity index (χ4v) is 1.97. The molecule has 13 heavy (non-hydrogen) atoms. The SMILES string of the molecule is Cl.NC1CCCC12NC(=O)NC2=O. The van der Waals surface area contributed by atoms with Crippen LogP contribution < -0.4 is 16.4 Å². The largest absolute Gasteiger partial charge is 0.325 e. The summed E-state index contributed by atoms with van der Waals surface area (Å²) >= 11 is 0. The van der Waals surface area contributed by atoms with Crippen LogP contribution in [0.4, 0.5) is 4.79 Å². The Bertz CT molecular complexity index is 258. The van der Waals surface area contributed by atoms with Crippen molar-refractivity contribution < 1.29 is 9.59 Å². The van der Waals surface area contributed by atoms with Gasteiger partial charge in [-0.1, -0.05) is 0 Å². The highest BCUT2D eigenvalue weighted by Crippen LogP contribution is 2.30. The van der Waals surface area contributed by atoms with E-state index in [2.05, 4.69) is 10.6 Å². The predicted octanol–water partition coefficient (Wildman–Crippen LogP) is -0.502. The maximum Gasteiger partial charge on any atom is 0.322 e. The number of imide groups is 1. The van der Waals surface area contributed by atoms with Crippen LogP contribution in [0, 0.1) is 0 Å². The third-order valence-electron chi connectivity index (χ3n) is 2.69. The monoisotopic (exact) mass is 205 g/mol. The molecule has 6 heteroatoms. The molecule has 1 heterocycles. The number of urea groups is 1. The van der Waals surface area contributed by atoms with E-state index in [0.717, 1.165) is 12.8 Å². The second-order valence-corrected chi connectivity index (χ2v) is 3.38. The molecule has 1 saturated heterocycles. The Morgan fingerprint density at radius 3 is 2.54 bits per heavy atom. The highest BCUT2D eigenvalue weighted by Gasteiger charge is 2.52. The Labute approximate surface area is 81.8 Å². The molecule has 4 N–H and O–H groups in total. The Morgan fingerprint density at radius 2 is 2.15 bits per heavy atom. The minimum Gasteiger partial charge on any atom is -0.325 e. The summed E-state index contributed by atoms with van der Waals surface area (Å²) in [6, 6.07) is -0.652. The van der Waals surface area contributed by atoms with Crippen molar-refractivity contribution >= 4 is 24.3 Å². The van der Waals surface area contributed by atoms with Gasteiger partial charge in [-0.05, 0) is 19.3 Å². The first-order valence-electron chi connectivity index (χ1n) is 4.04. The number of carbonyl (C=O) groups is 2. The molecule has 0 aromatic carbocycles. The minimum atomic E-state index is -0.795. The second kappa shape index (κ2) is 3.16. The topological polar surface area (TPSA) is 84.2 Å². The molecule has 0 bridgehead atoms. The summed E-state index contributed by atoms with van der Waals surface area (Å²) in [7, 11) is 0. The average molecular weight is 206 g/mol. The van der Waals surface area contributed by atoms with Gasteiger partial charge < -0.3 is 11.1 Å². The third kappa shape index (κ3) is 1.28. The summed E-state index contributed by atoms with van der Waals surface area (Å²) in [6.07, 6.45) is 2.36. The minimum absolute atomic E-state index is 0. The van der Waals surface area contributed by atoms with Gasteiger partial charge in [-0.25, -0.2) is 4.79 Å². The fourth-order valence-electron chi connectivity index (χ4n) is 1.97. The number of nitrogens with two attached hydrogens (primary N) is 1. The standard InChI is InChI=1S/C7H11N3O2.ClH/c8-4-2-1-3-7(4)5(11)9-6(12)10-7;/h4H,1-3,8H2,(H2,9,10,11,12);1H. The Morgan fingerprint density at radius 1 is 1.46 bits per heavy atom. The number of carbonyl (C=O) groups excluding carboxylic acids is 2. The van der Waals surface area contributed by atoms with Crippen LogP contribution >= 0.6 is 12.4 Å². The van der Waals surface area contributed by atoms with E-state index >= 15 is 0 Å². The van der Waals surface area contributed by atoms with Gasteiger partial charge in [-0.15, -0.1) is 12.4 Å². The van der Waals surface area contributed by atoms with E-state index < -0.39 is 11.6 Å². The molecule has 1 aliphatic heterocycles. The van der Waals surface area contributed by atoms with Gasteiger partial charge in [-0.2, -0.15) is 0 Å². The number of amides is 3. The van der Waals surface area contributed by atoms with E-state index in [1.807, 2.05) is 0 Å². The molecule has 2 aliphatic rings. The van der Waals surface area contributed by atoms with Crippen LogP contribution in [-0.4, -0.2) is 23.5 Å². The zero-order valence-corrected chi connectivity index (χ0v) is 7.82. The van der Waals surface area contributed by atoms with E-state index in [9.17, 15) is 9.59 Å². The Hall–Kier alpha value is -0.810.